The molecule has 6 nitrogen and oxygen atoms in total. The van der Waals surface area contributed by atoms with Crippen LogP contribution in [-0.2, 0) is 12.7 Å². The largest absolute Gasteiger partial charge is 0.433 e. The molecule has 0 atom stereocenters. The van der Waals surface area contributed by atoms with Gasteiger partial charge < -0.3 is 0 Å². The van der Waals surface area contributed by atoms with E-state index in [0.717, 1.165) is 17.8 Å². The van der Waals surface area contributed by atoms with Gasteiger partial charge in [-0.1, -0.05) is 0 Å². The van der Waals surface area contributed by atoms with Crippen molar-refractivity contribution in [2.24, 2.45) is 0 Å². The van der Waals surface area contributed by atoms with Crippen molar-refractivity contribution in [1.29, 1.82) is 0 Å². The van der Waals surface area contributed by atoms with Crippen LogP contribution in [0.2, 0.25) is 5.28 Å². The van der Waals surface area contributed by atoms with Crippen LogP contribution >= 0.6 is 23.4 Å². The Morgan fingerprint density at radius 1 is 1.45 bits per heavy atom. The van der Waals surface area contributed by atoms with E-state index >= 15 is 0 Å². The van der Waals surface area contributed by atoms with E-state index in [2.05, 4.69) is 20.2 Å². The summed E-state index contributed by atoms with van der Waals surface area (Å²) < 4.78 is 39.1. The lowest BCUT2D eigenvalue weighted by atomic mass is 10.4. The van der Waals surface area contributed by atoms with Gasteiger partial charge in [-0.15, -0.1) is 5.10 Å². The summed E-state index contributed by atoms with van der Waals surface area (Å²) >= 11 is 6.26. The minimum atomic E-state index is -4.63. The minimum absolute atomic E-state index is 0.0500. The fourth-order valence-electron chi connectivity index (χ4n) is 1.35. The molecule has 0 spiro atoms. The molecule has 0 bridgehead atoms. The molecule has 108 valence electrons. The van der Waals surface area contributed by atoms with Crippen molar-refractivity contribution < 1.29 is 13.2 Å². The van der Waals surface area contributed by atoms with E-state index in [1.165, 1.54) is 4.57 Å². The monoisotopic (exact) mass is 325 g/mol. The first-order valence-corrected chi connectivity index (χ1v) is 6.45. The number of alkyl halides is 3. The highest BCUT2D eigenvalue weighted by Crippen LogP contribution is 2.32. The summed E-state index contributed by atoms with van der Waals surface area (Å²) in [6.45, 7) is 2.03. The van der Waals surface area contributed by atoms with E-state index in [1.54, 1.807) is 6.92 Å². The maximum Gasteiger partial charge on any atom is 0.433 e. The number of halogens is 4. The lowest BCUT2D eigenvalue weighted by molar-refractivity contribution is -0.141. The Labute approximate surface area is 119 Å². The summed E-state index contributed by atoms with van der Waals surface area (Å²) in [4.78, 5) is 18.1. The predicted octanol–water partition coefficient (Wildman–Crippen LogP) is 2.20. The molecule has 2 heterocycles. The Balaban J connectivity index is 2.39. The fraction of sp³-hybridized carbons (Fsp3) is 0.333. The van der Waals surface area contributed by atoms with Gasteiger partial charge in [-0.3, -0.25) is 4.57 Å². The van der Waals surface area contributed by atoms with Crippen molar-refractivity contribution in [3.8, 4) is 0 Å². The van der Waals surface area contributed by atoms with Gasteiger partial charge in [-0.2, -0.15) is 13.2 Å². The molecular weight excluding hydrogens is 319 g/mol. The van der Waals surface area contributed by atoms with Crippen molar-refractivity contribution >= 4 is 23.4 Å². The van der Waals surface area contributed by atoms with Crippen molar-refractivity contribution in [2.45, 2.75) is 29.8 Å². The molecule has 20 heavy (non-hydrogen) atoms. The van der Waals surface area contributed by atoms with Crippen LogP contribution in [0.15, 0.2) is 21.0 Å². The Morgan fingerprint density at radius 3 is 2.75 bits per heavy atom. The highest BCUT2D eigenvalue weighted by atomic mass is 35.5. The normalized spacial score (nSPS) is 11.8. The lowest BCUT2D eigenvalue weighted by Crippen LogP contribution is -2.16. The summed E-state index contributed by atoms with van der Waals surface area (Å²) in [5.74, 6) is 0. The zero-order chi connectivity index (χ0) is 14.9. The number of hydrogen-bond donors (Lipinski definition) is 1. The number of nitrogens with zero attached hydrogens (tertiary/aromatic N) is 4. The average molecular weight is 326 g/mol. The Morgan fingerprint density at radius 2 is 2.15 bits per heavy atom. The molecule has 2 aromatic rings. The van der Waals surface area contributed by atoms with E-state index in [-0.39, 0.29) is 10.2 Å². The van der Waals surface area contributed by atoms with Crippen molar-refractivity contribution in [1.82, 2.24) is 24.7 Å². The van der Waals surface area contributed by atoms with Gasteiger partial charge in [0.1, 0.15) is 5.03 Å². The first-order chi connectivity index (χ1) is 9.31. The summed E-state index contributed by atoms with van der Waals surface area (Å²) in [6.07, 6.45) is -4.63. The fourth-order valence-corrected chi connectivity index (χ4v) is 2.48. The summed E-state index contributed by atoms with van der Waals surface area (Å²) in [5, 5.41) is 5.53. The van der Waals surface area contributed by atoms with E-state index < -0.39 is 22.8 Å². The zero-order valence-corrected chi connectivity index (χ0v) is 11.5. The van der Waals surface area contributed by atoms with Crippen LogP contribution in [0.4, 0.5) is 13.2 Å². The van der Waals surface area contributed by atoms with Gasteiger partial charge in [-0.25, -0.2) is 19.9 Å². The molecule has 0 aromatic carbocycles. The van der Waals surface area contributed by atoms with Crippen LogP contribution < -0.4 is 5.69 Å². The quantitative estimate of drug-likeness (QED) is 0.691. The first kappa shape index (κ1) is 14.9. The van der Waals surface area contributed by atoms with Gasteiger partial charge in [0.05, 0.1) is 0 Å². The minimum Gasteiger partial charge on any atom is -0.270 e. The van der Waals surface area contributed by atoms with E-state index in [0.29, 0.717) is 6.54 Å². The number of nitrogens with one attached hydrogen (secondary N) is 1. The Hall–Kier alpha value is -1.55. The molecule has 0 radical (unpaired) electrons. The highest BCUT2D eigenvalue weighted by Gasteiger charge is 2.33. The summed E-state index contributed by atoms with van der Waals surface area (Å²) in [5.41, 5.74) is -1.60. The van der Waals surface area contributed by atoms with Gasteiger partial charge in [0.2, 0.25) is 5.28 Å². The molecule has 0 amide bonds. The molecule has 0 saturated heterocycles. The van der Waals surface area contributed by atoms with Gasteiger partial charge in [0.15, 0.2) is 10.9 Å². The lowest BCUT2D eigenvalue weighted by Gasteiger charge is -2.07. The Bertz CT molecular complexity index is 683. The summed E-state index contributed by atoms with van der Waals surface area (Å²) in [7, 11) is 0. The third-order valence-corrected chi connectivity index (χ3v) is 3.28. The van der Waals surface area contributed by atoms with Gasteiger partial charge in [0, 0.05) is 12.6 Å². The molecule has 0 saturated carbocycles. The second kappa shape index (κ2) is 5.44. The molecule has 11 heteroatoms. The van der Waals surface area contributed by atoms with E-state index in [4.69, 9.17) is 11.6 Å². The Kier molecular flexibility index (Phi) is 4.04. The number of hydrogen-bond acceptors (Lipinski definition) is 5. The molecule has 0 fully saturated rings. The van der Waals surface area contributed by atoms with Gasteiger partial charge in [0.25, 0.3) is 0 Å². The van der Waals surface area contributed by atoms with E-state index in [9.17, 15) is 18.0 Å². The highest BCUT2D eigenvalue weighted by molar-refractivity contribution is 7.99. The topological polar surface area (TPSA) is 76.5 Å². The van der Waals surface area contributed by atoms with Crippen LogP contribution in [0.5, 0.6) is 0 Å². The standard InChI is InChI=1S/C9H7ClF3N5OS/c1-2-18-7(19)16-17-8(18)20-5-3-4(9(11,12)13)14-6(10)15-5/h3H,2H2,1H3,(H,16,19). The maximum atomic E-state index is 12.6. The SMILES string of the molecule is CCn1c(Sc2cc(C(F)(F)F)nc(Cl)n2)n[nH]c1=O. The smallest absolute Gasteiger partial charge is 0.270 e. The third kappa shape index (κ3) is 3.12. The van der Waals surface area contributed by atoms with Crippen molar-refractivity contribution in [3.05, 3.63) is 27.5 Å². The second-order valence-corrected chi connectivity index (χ2v) is 4.84. The molecular formula is C9H7ClF3N5OS. The van der Waals surface area contributed by atoms with Crippen LogP contribution in [0, 0.1) is 0 Å². The molecule has 0 aliphatic heterocycles. The van der Waals surface area contributed by atoms with Crippen molar-refractivity contribution in [3.63, 3.8) is 0 Å². The van der Waals surface area contributed by atoms with Crippen LogP contribution in [0.1, 0.15) is 12.6 Å². The summed E-state index contributed by atoms with van der Waals surface area (Å²) in [6, 6.07) is 0.746. The molecule has 2 aromatic heterocycles. The van der Waals surface area contributed by atoms with Crippen molar-refractivity contribution in [2.75, 3.05) is 0 Å². The number of aromatic nitrogens is 5. The molecule has 0 aliphatic carbocycles. The van der Waals surface area contributed by atoms with Gasteiger partial charge >= 0.3 is 11.9 Å². The molecule has 0 aliphatic rings. The molecule has 1 N–H and O–H groups in total. The third-order valence-electron chi connectivity index (χ3n) is 2.20. The zero-order valence-electron chi connectivity index (χ0n) is 9.90. The van der Waals surface area contributed by atoms with Crippen LogP contribution in [0.25, 0.3) is 0 Å². The molecule has 0 unspecified atom stereocenters. The van der Waals surface area contributed by atoms with Crippen LogP contribution in [-0.4, -0.2) is 24.7 Å². The predicted molar refractivity (Wildman–Crippen MR) is 64.7 cm³/mol. The van der Waals surface area contributed by atoms with E-state index in [1.807, 2.05) is 0 Å². The number of aromatic amines is 1. The number of rotatable bonds is 3. The maximum absolute atomic E-state index is 12.6. The second-order valence-electron chi connectivity index (χ2n) is 3.52. The number of H-pyrrole nitrogens is 1. The average Bonchev–Trinajstić information content (AvgIpc) is 2.68. The van der Waals surface area contributed by atoms with Crippen LogP contribution in [0.3, 0.4) is 0 Å². The first-order valence-electron chi connectivity index (χ1n) is 5.26. The molecule has 2 rings (SSSR count). The van der Waals surface area contributed by atoms with Gasteiger partial charge in [-0.05, 0) is 30.3 Å².